The Hall–Kier alpha value is -0.980. The van der Waals surface area contributed by atoms with E-state index in [4.69, 9.17) is 0 Å². The van der Waals surface area contributed by atoms with Crippen LogP contribution in [-0.4, -0.2) is 11.6 Å². The van der Waals surface area contributed by atoms with Gasteiger partial charge in [0.2, 0.25) is 0 Å². The number of carbonyl (C=O) groups is 1. The number of rotatable bonds is 1. The van der Waals surface area contributed by atoms with Gasteiger partial charge in [0.15, 0.2) is 0 Å². The van der Waals surface area contributed by atoms with Gasteiger partial charge in [-0.15, -0.1) is 0 Å². The SMILES string of the molecule is O=C1Nc2ccc(Br)cc2C1=Nc1ccc(Br)cc1Br. The first kappa shape index (κ1) is 14.0. The molecule has 1 aliphatic heterocycles. The minimum Gasteiger partial charge on any atom is -0.320 e. The molecule has 1 aliphatic rings. The molecule has 2 aromatic carbocycles. The van der Waals surface area contributed by atoms with Crippen molar-refractivity contribution in [2.75, 3.05) is 5.32 Å². The molecule has 0 atom stereocenters. The Labute approximate surface area is 140 Å². The second-order valence-corrected chi connectivity index (χ2v) is 6.89. The van der Waals surface area contributed by atoms with Crippen LogP contribution in [0.3, 0.4) is 0 Å². The summed E-state index contributed by atoms with van der Waals surface area (Å²) in [4.78, 5) is 16.5. The van der Waals surface area contributed by atoms with E-state index in [1.54, 1.807) is 0 Å². The van der Waals surface area contributed by atoms with Crippen LogP contribution in [-0.2, 0) is 4.79 Å². The van der Waals surface area contributed by atoms with E-state index in [0.717, 1.165) is 24.7 Å². The smallest absolute Gasteiger partial charge is 0.275 e. The minimum absolute atomic E-state index is 0.187. The number of nitrogens with zero attached hydrogens (tertiary/aromatic N) is 1. The lowest BCUT2D eigenvalue weighted by Crippen LogP contribution is -2.13. The van der Waals surface area contributed by atoms with Gasteiger partial charge in [-0.3, -0.25) is 4.79 Å². The number of benzene rings is 2. The highest BCUT2D eigenvalue weighted by Gasteiger charge is 2.26. The topological polar surface area (TPSA) is 41.5 Å². The lowest BCUT2D eigenvalue weighted by atomic mass is 10.1. The summed E-state index contributed by atoms with van der Waals surface area (Å²) in [5.41, 5.74) is 2.72. The maximum absolute atomic E-state index is 12.0. The van der Waals surface area contributed by atoms with Crippen molar-refractivity contribution in [3.8, 4) is 0 Å². The normalized spacial score (nSPS) is 15.3. The van der Waals surface area contributed by atoms with Gasteiger partial charge in [-0.25, -0.2) is 4.99 Å². The molecule has 0 fully saturated rings. The maximum atomic E-state index is 12.0. The molecule has 0 unspecified atom stereocenters. The number of amides is 1. The molecule has 3 rings (SSSR count). The van der Waals surface area contributed by atoms with Crippen LogP contribution >= 0.6 is 47.8 Å². The Morgan fingerprint density at radius 3 is 2.40 bits per heavy atom. The number of hydrogen-bond donors (Lipinski definition) is 1. The van der Waals surface area contributed by atoms with Crippen molar-refractivity contribution in [2.45, 2.75) is 0 Å². The van der Waals surface area contributed by atoms with Crippen molar-refractivity contribution < 1.29 is 4.79 Å². The predicted molar refractivity (Wildman–Crippen MR) is 90.8 cm³/mol. The average molecular weight is 459 g/mol. The fourth-order valence-electron chi connectivity index (χ4n) is 1.93. The van der Waals surface area contributed by atoms with Gasteiger partial charge in [0.05, 0.1) is 11.4 Å². The van der Waals surface area contributed by atoms with Gasteiger partial charge in [0.25, 0.3) is 5.91 Å². The zero-order valence-corrected chi connectivity index (χ0v) is 14.7. The van der Waals surface area contributed by atoms with Crippen molar-refractivity contribution in [1.82, 2.24) is 0 Å². The van der Waals surface area contributed by atoms with Crippen LogP contribution in [0, 0.1) is 0 Å². The number of anilines is 1. The van der Waals surface area contributed by atoms with Crippen LogP contribution in [0.5, 0.6) is 0 Å². The number of fused-ring (bicyclic) bond motifs is 1. The van der Waals surface area contributed by atoms with Gasteiger partial charge in [0.1, 0.15) is 5.71 Å². The molecule has 1 amide bonds. The molecule has 0 saturated heterocycles. The molecule has 0 aromatic heterocycles. The van der Waals surface area contributed by atoms with Crippen LogP contribution in [0.25, 0.3) is 0 Å². The molecule has 20 heavy (non-hydrogen) atoms. The Kier molecular flexibility index (Phi) is 3.79. The molecule has 0 aliphatic carbocycles. The largest absolute Gasteiger partial charge is 0.320 e. The number of nitrogens with one attached hydrogen (secondary N) is 1. The predicted octanol–water partition coefficient (Wildman–Crippen LogP) is 5.05. The molecule has 1 heterocycles. The van der Waals surface area contributed by atoms with Gasteiger partial charge in [-0.2, -0.15) is 0 Å². The minimum atomic E-state index is -0.187. The lowest BCUT2D eigenvalue weighted by molar-refractivity contribution is -0.110. The quantitative estimate of drug-likeness (QED) is 0.638. The van der Waals surface area contributed by atoms with E-state index in [2.05, 4.69) is 58.1 Å². The molecule has 0 saturated carbocycles. The van der Waals surface area contributed by atoms with Gasteiger partial charge < -0.3 is 5.32 Å². The summed E-state index contributed by atoms with van der Waals surface area (Å²) in [5, 5.41) is 2.81. The number of hydrogen-bond acceptors (Lipinski definition) is 2. The lowest BCUT2D eigenvalue weighted by Gasteiger charge is -2.02. The molecule has 2 aromatic rings. The van der Waals surface area contributed by atoms with E-state index in [-0.39, 0.29) is 5.91 Å². The molecule has 0 radical (unpaired) electrons. The Morgan fingerprint density at radius 2 is 1.65 bits per heavy atom. The molecule has 1 N–H and O–H groups in total. The molecule has 100 valence electrons. The summed E-state index contributed by atoms with van der Waals surface area (Å²) in [5.74, 6) is -0.187. The molecular formula is C14H7Br3N2O. The second-order valence-electron chi connectivity index (χ2n) is 4.20. The number of carbonyl (C=O) groups excluding carboxylic acids is 1. The fraction of sp³-hybridized carbons (Fsp3) is 0. The summed E-state index contributed by atoms with van der Waals surface area (Å²) in [6.07, 6.45) is 0. The third kappa shape index (κ3) is 2.60. The van der Waals surface area contributed by atoms with Crippen LogP contribution in [0.1, 0.15) is 5.56 Å². The third-order valence-corrected chi connectivity index (χ3v) is 4.46. The van der Waals surface area contributed by atoms with Gasteiger partial charge >= 0.3 is 0 Å². The first-order chi connectivity index (χ1) is 9.54. The van der Waals surface area contributed by atoms with Crippen LogP contribution in [0.15, 0.2) is 54.8 Å². The van der Waals surface area contributed by atoms with Crippen LogP contribution in [0.4, 0.5) is 11.4 Å². The highest BCUT2D eigenvalue weighted by Crippen LogP contribution is 2.32. The number of halogens is 3. The molecule has 3 nitrogen and oxygen atoms in total. The highest BCUT2D eigenvalue weighted by atomic mass is 79.9. The van der Waals surface area contributed by atoms with Crippen molar-refractivity contribution >= 4 is 70.8 Å². The molecule has 0 bridgehead atoms. The van der Waals surface area contributed by atoms with Gasteiger partial charge in [0, 0.05) is 19.0 Å². The molecule has 0 spiro atoms. The Bertz CT molecular complexity index is 756. The van der Waals surface area contributed by atoms with E-state index >= 15 is 0 Å². The molecular weight excluding hydrogens is 452 g/mol. The van der Waals surface area contributed by atoms with E-state index < -0.39 is 0 Å². The van der Waals surface area contributed by atoms with Crippen molar-refractivity contribution in [1.29, 1.82) is 0 Å². The van der Waals surface area contributed by atoms with Gasteiger partial charge in [-0.05, 0) is 52.3 Å². The Morgan fingerprint density at radius 1 is 0.950 bits per heavy atom. The highest BCUT2D eigenvalue weighted by molar-refractivity contribution is 9.11. The van der Waals surface area contributed by atoms with E-state index in [9.17, 15) is 4.79 Å². The number of aliphatic imine (C=N–C) groups is 1. The van der Waals surface area contributed by atoms with Crippen molar-refractivity contribution in [2.24, 2.45) is 4.99 Å². The maximum Gasteiger partial charge on any atom is 0.275 e. The first-order valence-electron chi connectivity index (χ1n) is 5.69. The summed E-state index contributed by atoms with van der Waals surface area (Å²) in [7, 11) is 0. The Balaban J connectivity index is 2.13. The fourth-order valence-corrected chi connectivity index (χ4v) is 3.43. The molecule has 6 heteroatoms. The van der Waals surface area contributed by atoms with E-state index in [1.165, 1.54) is 0 Å². The average Bonchev–Trinajstić information content (AvgIpc) is 2.69. The van der Waals surface area contributed by atoms with Crippen molar-refractivity contribution in [3.05, 3.63) is 55.4 Å². The zero-order chi connectivity index (χ0) is 14.3. The summed E-state index contributed by atoms with van der Waals surface area (Å²) < 4.78 is 2.69. The van der Waals surface area contributed by atoms with Gasteiger partial charge in [-0.1, -0.05) is 31.9 Å². The summed E-state index contributed by atoms with van der Waals surface area (Å²) in [6, 6.07) is 11.3. The van der Waals surface area contributed by atoms with Crippen LogP contribution < -0.4 is 5.32 Å². The van der Waals surface area contributed by atoms with Crippen molar-refractivity contribution in [3.63, 3.8) is 0 Å². The third-order valence-electron chi connectivity index (χ3n) is 2.84. The summed E-state index contributed by atoms with van der Waals surface area (Å²) >= 11 is 10.3. The standard InChI is InChI=1S/C14H7Br3N2O/c15-7-1-3-11-9(5-7)13(14(20)19-11)18-12-4-2-8(16)6-10(12)17/h1-6H,(H,18,19,20). The second kappa shape index (κ2) is 5.42. The van der Waals surface area contributed by atoms with Crippen LogP contribution in [0.2, 0.25) is 0 Å². The van der Waals surface area contributed by atoms with E-state index in [0.29, 0.717) is 11.4 Å². The monoisotopic (exact) mass is 456 g/mol. The van der Waals surface area contributed by atoms with E-state index in [1.807, 2.05) is 36.4 Å². The first-order valence-corrected chi connectivity index (χ1v) is 8.07. The summed E-state index contributed by atoms with van der Waals surface area (Å²) in [6.45, 7) is 0. The zero-order valence-electron chi connectivity index (χ0n) is 9.95.